The van der Waals surface area contributed by atoms with Gasteiger partial charge in [0.05, 0.1) is 5.69 Å². The summed E-state index contributed by atoms with van der Waals surface area (Å²) in [5.41, 5.74) is 8.49. The lowest BCUT2D eigenvalue weighted by atomic mass is 10.2. The SMILES string of the molecule is Cc1cc(C(=O)Nc2cccc(CNc3cccnc3N)c2)no1. The number of anilines is 3. The second-order valence-electron chi connectivity index (χ2n) is 5.27. The fourth-order valence-corrected chi connectivity index (χ4v) is 2.19. The van der Waals surface area contributed by atoms with Crippen molar-refractivity contribution in [1.82, 2.24) is 10.1 Å². The number of hydrogen-bond acceptors (Lipinski definition) is 6. The molecule has 0 radical (unpaired) electrons. The van der Waals surface area contributed by atoms with Gasteiger partial charge in [-0.15, -0.1) is 0 Å². The van der Waals surface area contributed by atoms with Crippen molar-refractivity contribution in [2.24, 2.45) is 0 Å². The van der Waals surface area contributed by atoms with E-state index in [0.29, 0.717) is 23.8 Å². The Hall–Kier alpha value is -3.35. The molecule has 0 saturated heterocycles. The van der Waals surface area contributed by atoms with E-state index >= 15 is 0 Å². The van der Waals surface area contributed by atoms with Crippen LogP contribution < -0.4 is 16.4 Å². The van der Waals surface area contributed by atoms with Gasteiger partial charge in [0, 0.05) is 24.5 Å². The molecule has 3 aromatic rings. The number of benzene rings is 1. The molecule has 4 N–H and O–H groups in total. The summed E-state index contributed by atoms with van der Waals surface area (Å²) in [4.78, 5) is 16.1. The normalized spacial score (nSPS) is 10.4. The van der Waals surface area contributed by atoms with Crippen molar-refractivity contribution in [3.63, 3.8) is 0 Å². The first-order chi connectivity index (χ1) is 11.6. The van der Waals surface area contributed by atoms with Crippen molar-refractivity contribution in [1.29, 1.82) is 0 Å². The fraction of sp³-hybridized carbons (Fsp3) is 0.118. The Morgan fingerprint density at radius 3 is 2.88 bits per heavy atom. The van der Waals surface area contributed by atoms with Crippen molar-refractivity contribution in [2.45, 2.75) is 13.5 Å². The third-order valence-corrected chi connectivity index (χ3v) is 3.37. The maximum Gasteiger partial charge on any atom is 0.277 e. The van der Waals surface area contributed by atoms with E-state index in [-0.39, 0.29) is 11.6 Å². The highest BCUT2D eigenvalue weighted by molar-refractivity contribution is 6.02. The molecule has 122 valence electrons. The van der Waals surface area contributed by atoms with Gasteiger partial charge in [-0.2, -0.15) is 0 Å². The highest BCUT2D eigenvalue weighted by atomic mass is 16.5. The first kappa shape index (κ1) is 15.5. The maximum atomic E-state index is 12.1. The second kappa shape index (κ2) is 6.82. The first-order valence-electron chi connectivity index (χ1n) is 7.40. The maximum absolute atomic E-state index is 12.1. The number of carbonyl (C=O) groups excluding carboxylic acids is 1. The molecule has 2 heterocycles. The van der Waals surface area contributed by atoms with Crippen LogP contribution >= 0.6 is 0 Å². The summed E-state index contributed by atoms with van der Waals surface area (Å²) in [5.74, 6) is 0.726. The van der Waals surface area contributed by atoms with Crippen LogP contribution in [0.4, 0.5) is 17.2 Å². The number of rotatable bonds is 5. The van der Waals surface area contributed by atoms with E-state index in [4.69, 9.17) is 10.3 Å². The zero-order valence-electron chi connectivity index (χ0n) is 13.1. The minimum Gasteiger partial charge on any atom is -0.382 e. The molecule has 3 rings (SSSR count). The number of carbonyl (C=O) groups is 1. The fourth-order valence-electron chi connectivity index (χ4n) is 2.19. The summed E-state index contributed by atoms with van der Waals surface area (Å²) in [5, 5.41) is 9.71. The molecule has 0 spiro atoms. The predicted molar refractivity (Wildman–Crippen MR) is 91.6 cm³/mol. The number of pyridine rings is 1. The third-order valence-electron chi connectivity index (χ3n) is 3.37. The number of hydrogen-bond donors (Lipinski definition) is 3. The molecule has 1 amide bonds. The zero-order chi connectivity index (χ0) is 16.9. The molecular weight excluding hydrogens is 306 g/mol. The van der Waals surface area contributed by atoms with Gasteiger partial charge >= 0.3 is 0 Å². The van der Waals surface area contributed by atoms with E-state index in [2.05, 4.69) is 20.8 Å². The molecule has 24 heavy (non-hydrogen) atoms. The van der Waals surface area contributed by atoms with Gasteiger partial charge in [0.15, 0.2) is 5.69 Å². The summed E-state index contributed by atoms with van der Waals surface area (Å²) in [7, 11) is 0. The van der Waals surface area contributed by atoms with Gasteiger partial charge in [-0.3, -0.25) is 4.79 Å². The van der Waals surface area contributed by atoms with Gasteiger partial charge in [0.1, 0.15) is 11.6 Å². The van der Waals surface area contributed by atoms with Crippen LogP contribution in [-0.2, 0) is 6.54 Å². The van der Waals surface area contributed by atoms with Crippen molar-refractivity contribution in [3.8, 4) is 0 Å². The van der Waals surface area contributed by atoms with Gasteiger partial charge < -0.3 is 20.9 Å². The number of nitrogens with two attached hydrogens (primary N) is 1. The number of nitrogen functional groups attached to an aromatic ring is 1. The molecule has 0 unspecified atom stereocenters. The minimum atomic E-state index is -0.312. The highest BCUT2D eigenvalue weighted by Gasteiger charge is 2.11. The van der Waals surface area contributed by atoms with E-state index in [9.17, 15) is 4.79 Å². The van der Waals surface area contributed by atoms with Crippen LogP contribution in [0.1, 0.15) is 21.8 Å². The molecule has 0 aliphatic carbocycles. The summed E-state index contributed by atoms with van der Waals surface area (Å²) >= 11 is 0. The smallest absolute Gasteiger partial charge is 0.277 e. The monoisotopic (exact) mass is 323 g/mol. The Bertz CT molecular complexity index is 859. The van der Waals surface area contributed by atoms with Crippen molar-refractivity contribution in [2.75, 3.05) is 16.4 Å². The first-order valence-corrected chi connectivity index (χ1v) is 7.40. The van der Waals surface area contributed by atoms with Gasteiger partial charge in [0.25, 0.3) is 5.91 Å². The van der Waals surface area contributed by atoms with Crippen molar-refractivity contribution >= 4 is 23.1 Å². The van der Waals surface area contributed by atoms with Crippen LogP contribution in [0.3, 0.4) is 0 Å². The lowest BCUT2D eigenvalue weighted by Gasteiger charge is -2.10. The molecule has 0 bridgehead atoms. The molecule has 7 nitrogen and oxygen atoms in total. The highest BCUT2D eigenvalue weighted by Crippen LogP contribution is 2.17. The van der Waals surface area contributed by atoms with E-state index in [1.54, 1.807) is 19.2 Å². The summed E-state index contributed by atoms with van der Waals surface area (Å²) in [6.45, 7) is 2.29. The van der Waals surface area contributed by atoms with Gasteiger partial charge in [-0.1, -0.05) is 17.3 Å². The molecule has 0 saturated carbocycles. The van der Waals surface area contributed by atoms with Crippen molar-refractivity contribution in [3.05, 3.63) is 65.7 Å². The second-order valence-corrected chi connectivity index (χ2v) is 5.27. The van der Waals surface area contributed by atoms with Crippen LogP contribution in [0.2, 0.25) is 0 Å². The molecule has 0 atom stereocenters. The van der Waals surface area contributed by atoms with Crippen LogP contribution in [-0.4, -0.2) is 16.0 Å². The van der Waals surface area contributed by atoms with Gasteiger partial charge in [-0.25, -0.2) is 4.98 Å². The van der Waals surface area contributed by atoms with Crippen LogP contribution in [0.5, 0.6) is 0 Å². The average molecular weight is 323 g/mol. The Kier molecular flexibility index (Phi) is 4.42. The van der Waals surface area contributed by atoms with E-state index in [0.717, 1.165) is 11.3 Å². The standard InChI is InChI=1S/C17H17N5O2/c1-11-8-15(22-24-11)17(23)21-13-5-2-4-12(9-13)10-20-14-6-3-7-19-16(14)18/h2-9,20H,10H2,1H3,(H2,18,19)(H,21,23). The zero-order valence-corrected chi connectivity index (χ0v) is 13.1. The number of aromatic nitrogens is 2. The Morgan fingerprint density at radius 1 is 1.25 bits per heavy atom. The van der Waals surface area contributed by atoms with E-state index < -0.39 is 0 Å². The van der Waals surface area contributed by atoms with E-state index in [1.807, 2.05) is 36.4 Å². The average Bonchev–Trinajstić information content (AvgIpc) is 3.01. The Labute approximate surface area is 138 Å². The molecule has 1 aromatic carbocycles. The number of nitrogens with zero attached hydrogens (tertiary/aromatic N) is 2. The molecule has 7 heteroatoms. The minimum absolute atomic E-state index is 0.249. The molecule has 0 aliphatic heterocycles. The van der Waals surface area contributed by atoms with E-state index in [1.165, 1.54) is 0 Å². The summed E-state index contributed by atoms with van der Waals surface area (Å²) < 4.78 is 4.91. The molecular formula is C17H17N5O2. The quantitative estimate of drug-likeness (QED) is 0.666. The Morgan fingerprint density at radius 2 is 2.12 bits per heavy atom. The van der Waals surface area contributed by atoms with Crippen LogP contribution in [0.25, 0.3) is 0 Å². The third kappa shape index (κ3) is 3.70. The largest absolute Gasteiger partial charge is 0.382 e. The topological polar surface area (TPSA) is 106 Å². The lowest BCUT2D eigenvalue weighted by Crippen LogP contribution is -2.12. The summed E-state index contributed by atoms with van der Waals surface area (Å²) in [6, 6.07) is 12.8. The number of nitrogens with one attached hydrogen (secondary N) is 2. The Balaban J connectivity index is 1.66. The number of aryl methyl sites for hydroxylation is 1. The predicted octanol–water partition coefficient (Wildman–Crippen LogP) is 2.82. The molecule has 0 aliphatic rings. The van der Waals surface area contributed by atoms with Gasteiger partial charge in [-0.05, 0) is 36.8 Å². The van der Waals surface area contributed by atoms with Gasteiger partial charge in [0.2, 0.25) is 0 Å². The van der Waals surface area contributed by atoms with Crippen LogP contribution in [0, 0.1) is 6.92 Å². The number of amides is 1. The summed E-state index contributed by atoms with van der Waals surface area (Å²) in [6.07, 6.45) is 1.64. The lowest BCUT2D eigenvalue weighted by molar-refractivity contribution is 0.101. The van der Waals surface area contributed by atoms with Crippen LogP contribution in [0.15, 0.2) is 53.2 Å². The van der Waals surface area contributed by atoms with Crippen molar-refractivity contribution < 1.29 is 9.32 Å². The molecule has 0 fully saturated rings. The molecule has 2 aromatic heterocycles.